The number of anilines is 1. The summed E-state index contributed by atoms with van der Waals surface area (Å²) in [5.41, 5.74) is 1.96. The van der Waals surface area contributed by atoms with Crippen LogP contribution in [0, 0.1) is 0 Å². The minimum Gasteiger partial charge on any atom is -0.378 e. The van der Waals surface area contributed by atoms with Gasteiger partial charge in [0.1, 0.15) is 5.82 Å². The Morgan fingerprint density at radius 1 is 1.17 bits per heavy atom. The van der Waals surface area contributed by atoms with Crippen molar-refractivity contribution in [3.8, 4) is 11.4 Å². The fourth-order valence-corrected chi connectivity index (χ4v) is 4.26. The predicted molar refractivity (Wildman–Crippen MR) is 116 cm³/mol. The molecule has 30 heavy (non-hydrogen) atoms. The van der Waals surface area contributed by atoms with Gasteiger partial charge in [-0.3, -0.25) is 9.78 Å². The van der Waals surface area contributed by atoms with E-state index in [-0.39, 0.29) is 17.9 Å². The lowest BCUT2D eigenvalue weighted by Gasteiger charge is -2.34. The zero-order chi connectivity index (χ0) is 20.9. The van der Waals surface area contributed by atoms with Crippen LogP contribution in [0.2, 0.25) is 0 Å². The molecule has 0 radical (unpaired) electrons. The Morgan fingerprint density at radius 3 is 2.73 bits per heavy atom. The highest BCUT2D eigenvalue weighted by Crippen LogP contribution is 2.30. The van der Waals surface area contributed by atoms with E-state index in [0.717, 1.165) is 62.3 Å². The number of piperidine rings is 1. The van der Waals surface area contributed by atoms with Gasteiger partial charge in [-0.15, -0.1) is 0 Å². The summed E-state index contributed by atoms with van der Waals surface area (Å²) in [6, 6.07) is 5.92. The lowest BCUT2D eigenvalue weighted by molar-refractivity contribution is -0.136. The van der Waals surface area contributed by atoms with E-state index < -0.39 is 0 Å². The molecule has 2 saturated heterocycles. The molecule has 2 aliphatic heterocycles. The Kier molecular flexibility index (Phi) is 6.57. The van der Waals surface area contributed by atoms with Crippen LogP contribution >= 0.6 is 0 Å². The van der Waals surface area contributed by atoms with Crippen molar-refractivity contribution in [2.45, 2.75) is 50.5 Å². The third-order valence-electron chi connectivity index (χ3n) is 6.00. The molecule has 7 nitrogen and oxygen atoms in total. The molecule has 1 amide bonds. The number of hydrogen-bond acceptors (Lipinski definition) is 6. The molecule has 2 aromatic heterocycles. The van der Waals surface area contributed by atoms with Crippen LogP contribution in [0.5, 0.6) is 0 Å². The van der Waals surface area contributed by atoms with Gasteiger partial charge in [0.05, 0.1) is 18.2 Å². The van der Waals surface area contributed by atoms with Crippen LogP contribution in [0.4, 0.5) is 5.82 Å². The topological polar surface area (TPSA) is 71.5 Å². The molecule has 0 unspecified atom stereocenters. The second-order valence-corrected chi connectivity index (χ2v) is 8.48. The number of hydrogen-bond donors (Lipinski definition) is 0. The third-order valence-corrected chi connectivity index (χ3v) is 6.00. The predicted octanol–water partition coefficient (Wildman–Crippen LogP) is 3.27. The van der Waals surface area contributed by atoms with E-state index in [2.05, 4.69) is 11.1 Å². The molecule has 2 fully saturated rings. The van der Waals surface area contributed by atoms with Gasteiger partial charge in [0.25, 0.3) is 0 Å². The maximum absolute atomic E-state index is 12.9. The maximum Gasteiger partial charge on any atom is 0.225 e. The molecule has 0 saturated carbocycles. The van der Waals surface area contributed by atoms with Gasteiger partial charge in [0.15, 0.2) is 5.82 Å². The highest BCUT2D eigenvalue weighted by Gasteiger charge is 2.28. The molecule has 7 heteroatoms. The molecule has 0 bridgehead atoms. The zero-order valence-corrected chi connectivity index (χ0v) is 18.0. The van der Waals surface area contributed by atoms with Crippen molar-refractivity contribution in [2.75, 3.05) is 38.7 Å². The second kappa shape index (κ2) is 9.51. The molecule has 0 aromatic carbocycles. The highest BCUT2D eigenvalue weighted by atomic mass is 16.5. The van der Waals surface area contributed by atoms with Gasteiger partial charge in [0.2, 0.25) is 5.91 Å². The first-order chi connectivity index (χ1) is 14.6. The molecule has 0 spiro atoms. The van der Waals surface area contributed by atoms with E-state index in [1.807, 2.05) is 36.0 Å². The molecule has 160 valence electrons. The van der Waals surface area contributed by atoms with Crippen LogP contribution in [-0.2, 0) is 9.53 Å². The number of ether oxygens (including phenoxy) is 1. The van der Waals surface area contributed by atoms with Gasteiger partial charge in [0, 0.05) is 63.7 Å². The molecular formula is C23H31N5O2. The first-order valence-electron chi connectivity index (χ1n) is 11.0. The van der Waals surface area contributed by atoms with Crippen molar-refractivity contribution in [3.05, 3.63) is 36.3 Å². The van der Waals surface area contributed by atoms with Crippen LogP contribution in [0.25, 0.3) is 11.4 Å². The minimum atomic E-state index is 0.0873. The zero-order valence-electron chi connectivity index (χ0n) is 18.0. The first-order valence-corrected chi connectivity index (χ1v) is 11.0. The Morgan fingerprint density at radius 2 is 2.00 bits per heavy atom. The average molecular weight is 410 g/mol. The van der Waals surface area contributed by atoms with Crippen molar-refractivity contribution >= 4 is 11.7 Å². The summed E-state index contributed by atoms with van der Waals surface area (Å²) in [4.78, 5) is 30.6. The second-order valence-electron chi connectivity index (χ2n) is 8.48. The van der Waals surface area contributed by atoms with E-state index in [1.165, 1.54) is 0 Å². The van der Waals surface area contributed by atoms with Gasteiger partial charge < -0.3 is 14.5 Å². The molecular weight excluding hydrogens is 378 g/mol. The van der Waals surface area contributed by atoms with Gasteiger partial charge >= 0.3 is 0 Å². The lowest BCUT2D eigenvalue weighted by atomic mass is 9.93. The summed E-state index contributed by atoms with van der Waals surface area (Å²) in [6.07, 6.45) is 9.40. The van der Waals surface area contributed by atoms with Crippen LogP contribution in [-0.4, -0.2) is 65.7 Å². The first kappa shape index (κ1) is 20.7. The molecule has 2 aliphatic rings. The molecule has 0 N–H and O–H groups in total. The fourth-order valence-electron chi connectivity index (χ4n) is 4.26. The SMILES string of the molecule is CN(C)c1cc([C@H]2CCCN(C(=O)C[C@H]3CCCCO3)C2)nc(-c2ccncc2)n1. The average Bonchev–Trinajstić information content (AvgIpc) is 2.80. The Bertz CT molecular complexity index is 852. The minimum absolute atomic E-state index is 0.0873. The number of likely N-dealkylation sites (tertiary alicyclic amines) is 1. The van der Waals surface area contributed by atoms with Crippen molar-refractivity contribution < 1.29 is 9.53 Å². The monoisotopic (exact) mass is 409 g/mol. The van der Waals surface area contributed by atoms with E-state index in [1.54, 1.807) is 12.4 Å². The van der Waals surface area contributed by atoms with Crippen molar-refractivity contribution in [3.63, 3.8) is 0 Å². The summed E-state index contributed by atoms with van der Waals surface area (Å²) in [7, 11) is 3.98. The largest absolute Gasteiger partial charge is 0.378 e. The van der Waals surface area contributed by atoms with Crippen molar-refractivity contribution in [2.24, 2.45) is 0 Å². The van der Waals surface area contributed by atoms with Crippen molar-refractivity contribution in [1.82, 2.24) is 19.9 Å². The maximum atomic E-state index is 12.9. The van der Waals surface area contributed by atoms with Gasteiger partial charge in [-0.05, 0) is 44.2 Å². The van der Waals surface area contributed by atoms with E-state index >= 15 is 0 Å². The third kappa shape index (κ3) is 4.95. The number of carbonyl (C=O) groups excluding carboxylic acids is 1. The molecule has 4 heterocycles. The summed E-state index contributed by atoms with van der Waals surface area (Å²) >= 11 is 0. The summed E-state index contributed by atoms with van der Waals surface area (Å²) in [6.45, 7) is 2.32. The van der Waals surface area contributed by atoms with Crippen LogP contribution in [0.1, 0.15) is 50.1 Å². The number of carbonyl (C=O) groups is 1. The van der Waals surface area contributed by atoms with E-state index in [0.29, 0.717) is 18.8 Å². The fraction of sp³-hybridized carbons (Fsp3) is 0.565. The van der Waals surface area contributed by atoms with Crippen LogP contribution in [0.3, 0.4) is 0 Å². The Hall–Kier alpha value is -2.54. The summed E-state index contributed by atoms with van der Waals surface area (Å²) in [5, 5.41) is 0. The van der Waals surface area contributed by atoms with Crippen LogP contribution in [0.15, 0.2) is 30.6 Å². The lowest BCUT2D eigenvalue weighted by Crippen LogP contribution is -2.41. The molecule has 2 atom stereocenters. The standard InChI is InChI=1S/C23H31N5O2/c1-27(2)21-15-20(25-23(26-21)17-8-10-24-11-9-17)18-6-5-12-28(16-18)22(29)14-19-7-3-4-13-30-19/h8-11,15,18-19H,3-7,12-14,16H2,1-2H3/t18-,19+/m0/s1. The number of aromatic nitrogens is 3. The molecule has 0 aliphatic carbocycles. The number of rotatable bonds is 5. The summed E-state index contributed by atoms with van der Waals surface area (Å²) in [5.74, 6) is 2.02. The van der Waals surface area contributed by atoms with E-state index in [4.69, 9.17) is 14.7 Å². The summed E-state index contributed by atoms with van der Waals surface area (Å²) < 4.78 is 5.78. The van der Waals surface area contributed by atoms with Crippen LogP contribution < -0.4 is 4.90 Å². The number of pyridine rings is 1. The van der Waals surface area contributed by atoms with E-state index in [9.17, 15) is 4.79 Å². The normalized spacial score (nSPS) is 22.0. The van der Waals surface area contributed by atoms with Gasteiger partial charge in [-0.2, -0.15) is 0 Å². The van der Waals surface area contributed by atoms with Crippen molar-refractivity contribution in [1.29, 1.82) is 0 Å². The number of nitrogens with zero attached hydrogens (tertiary/aromatic N) is 5. The molecule has 2 aromatic rings. The Balaban J connectivity index is 1.52. The van der Waals surface area contributed by atoms with Gasteiger partial charge in [-0.1, -0.05) is 0 Å². The number of amides is 1. The van der Waals surface area contributed by atoms with Gasteiger partial charge in [-0.25, -0.2) is 9.97 Å². The smallest absolute Gasteiger partial charge is 0.225 e. The quantitative estimate of drug-likeness (QED) is 0.755. The Labute approximate surface area is 178 Å². The molecule has 4 rings (SSSR count). The highest BCUT2D eigenvalue weighted by molar-refractivity contribution is 5.77.